The summed E-state index contributed by atoms with van der Waals surface area (Å²) in [7, 11) is -4.19. The van der Waals surface area contributed by atoms with Gasteiger partial charge in [0.15, 0.2) is 9.84 Å². The van der Waals surface area contributed by atoms with Crippen molar-refractivity contribution in [2.75, 3.05) is 16.8 Å². The second-order valence-electron chi connectivity index (χ2n) is 4.03. The third-order valence-electron chi connectivity index (χ3n) is 2.18. The van der Waals surface area contributed by atoms with Crippen molar-refractivity contribution in [3.63, 3.8) is 0 Å². The molecule has 1 aromatic rings. The predicted molar refractivity (Wildman–Crippen MR) is 63.7 cm³/mol. The lowest BCUT2D eigenvalue weighted by Crippen LogP contribution is -2.34. The first-order valence-corrected chi connectivity index (χ1v) is 7.19. The number of carboxylic acids is 1. The molecule has 116 valence electrons. The number of carbonyl (C=O) groups is 2. The molecule has 0 saturated carbocycles. The summed E-state index contributed by atoms with van der Waals surface area (Å²) in [6.07, 6.45) is -4.53. The van der Waals surface area contributed by atoms with Gasteiger partial charge in [0.1, 0.15) is 5.75 Å². The summed E-state index contributed by atoms with van der Waals surface area (Å²) in [5.74, 6) is -5.33. The zero-order valence-electron chi connectivity index (χ0n) is 10.3. The maximum absolute atomic E-state index is 12.3. The molecule has 21 heavy (non-hydrogen) atoms. The van der Waals surface area contributed by atoms with E-state index in [1.807, 2.05) is 0 Å². The van der Waals surface area contributed by atoms with E-state index in [1.165, 1.54) is 0 Å². The molecule has 0 bridgehead atoms. The minimum absolute atomic E-state index is 0.0448. The van der Waals surface area contributed by atoms with Crippen molar-refractivity contribution in [1.29, 1.82) is 0 Å². The number of halogens is 3. The number of nitrogens with one attached hydrogen (secondary N) is 1. The third kappa shape index (κ3) is 5.81. The Morgan fingerprint density at radius 1 is 1.10 bits per heavy atom. The lowest BCUT2D eigenvalue weighted by Gasteiger charge is -2.09. The Morgan fingerprint density at radius 3 is 2.05 bits per heavy atom. The number of anilines is 1. The Hall–Kier alpha value is -2.10. The summed E-state index contributed by atoms with van der Waals surface area (Å²) in [5, 5.41) is 12.2. The Labute approximate surface area is 117 Å². The standard InChI is InChI=1S/C11H10F3NO5S/c12-11(13,14)7-1-3-8(4-2-7)15-9(16)5-21(19,20)6-10(17)18/h1-4H,5-6H2,(H,15,16)(H,17,18)/p-1. The average molecular weight is 324 g/mol. The van der Waals surface area contributed by atoms with Crippen molar-refractivity contribution in [3.8, 4) is 0 Å². The summed E-state index contributed by atoms with van der Waals surface area (Å²) in [6, 6.07) is 3.33. The topological polar surface area (TPSA) is 103 Å². The van der Waals surface area contributed by atoms with E-state index in [0.29, 0.717) is 12.1 Å². The zero-order valence-corrected chi connectivity index (χ0v) is 11.1. The molecule has 1 aromatic carbocycles. The van der Waals surface area contributed by atoms with Gasteiger partial charge in [-0.05, 0) is 24.3 Å². The number of carbonyl (C=O) groups excluding carboxylic acids is 2. The van der Waals surface area contributed by atoms with Crippen LogP contribution in [0.5, 0.6) is 0 Å². The molecule has 0 saturated heterocycles. The molecule has 0 unspecified atom stereocenters. The normalized spacial score (nSPS) is 12.0. The van der Waals surface area contributed by atoms with Crippen LogP contribution in [0, 0.1) is 0 Å². The van der Waals surface area contributed by atoms with E-state index in [-0.39, 0.29) is 5.69 Å². The van der Waals surface area contributed by atoms with Gasteiger partial charge in [-0.2, -0.15) is 13.2 Å². The SMILES string of the molecule is O=C([O-])CS(=O)(=O)CC(=O)Nc1ccc(C(F)(F)F)cc1. The number of rotatable bonds is 5. The van der Waals surface area contributed by atoms with Crippen LogP contribution in [0.25, 0.3) is 0 Å². The summed E-state index contributed by atoms with van der Waals surface area (Å²) < 4.78 is 59.3. The molecule has 6 nitrogen and oxygen atoms in total. The Bertz CT molecular complexity index is 637. The monoisotopic (exact) mass is 324 g/mol. The van der Waals surface area contributed by atoms with Crippen LogP contribution in [0.15, 0.2) is 24.3 Å². The number of alkyl halides is 3. The molecule has 0 spiro atoms. The first kappa shape index (κ1) is 17.0. The van der Waals surface area contributed by atoms with E-state index in [2.05, 4.69) is 5.32 Å². The van der Waals surface area contributed by atoms with Gasteiger partial charge in [-0.15, -0.1) is 0 Å². The van der Waals surface area contributed by atoms with Crippen molar-refractivity contribution in [3.05, 3.63) is 29.8 Å². The molecular formula is C11H9F3NO5S-. The molecule has 1 N–H and O–H groups in total. The van der Waals surface area contributed by atoms with Crippen molar-refractivity contribution >= 4 is 27.4 Å². The average Bonchev–Trinajstić information content (AvgIpc) is 2.25. The van der Waals surface area contributed by atoms with Gasteiger partial charge < -0.3 is 15.2 Å². The summed E-state index contributed by atoms with van der Waals surface area (Å²) in [6.45, 7) is 0. The number of carboxylic acid groups (broad SMARTS) is 1. The third-order valence-corrected chi connectivity index (χ3v) is 3.56. The van der Waals surface area contributed by atoms with Crippen LogP contribution in [-0.2, 0) is 25.6 Å². The fraction of sp³-hybridized carbons (Fsp3) is 0.273. The van der Waals surface area contributed by atoms with Crippen LogP contribution >= 0.6 is 0 Å². The molecule has 0 aliphatic carbocycles. The minimum Gasteiger partial charge on any atom is -0.549 e. The molecule has 0 fully saturated rings. The molecule has 0 aliphatic rings. The molecule has 0 atom stereocenters. The molecule has 0 heterocycles. The van der Waals surface area contributed by atoms with Gasteiger partial charge in [0, 0.05) is 5.69 Å². The van der Waals surface area contributed by atoms with Crippen molar-refractivity contribution in [2.24, 2.45) is 0 Å². The molecule has 1 rings (SSSR count). The van der Waals surface area contributed by atoms with Gasteiger partial charge in [0.25, 0.3) is 0 Å². The highest BCUT2D eigenvalue weighted by Gasteiger charge is 2.30. The van der Waals surface area contributed by atoms with Crippen LogP contribution in [-0.4, -0.2) is 31.8 Å². The van der Waals surface area contributed by atoms with Crippen LogP contribution in [0.4, 0.5) is 18.9 Å². The molecule has 0 radical (unpaired) electrons. The highest BCUT2D eigenvalue weighted by molar-refractivity contribution is 7.92. The van der Waals surface area contributed by atoms with Gasteiger partial charge in [0.05, 0.1) is 17.3 Å². The predicted octanol–water partition coefficient (Wildman–Crippen LogP) is -0.191. The molecular weight excluding hydrogens is 315 g/mol. The summed E-state index contributed by atoms with van der Waals surface area (Å²) in [5.41, 5.74) is -0.971. The van der Waals surface area contributed by atoms with E-state index in [0.717, 1.165) is 12.1 Å². The molecule has 0 aromatic heterocycles. The maximum atomic E-state index is 12.3. The van der Waals surface area contributed by atoms with Gasteiger partial charge >= 0.3 is 6.18 Å². The smallest absolute Gasteiger partial charge is 0.416 e. The first-order chi connectivity index (χ1) is 9.49. The minimum atomic E-state index is -4.53. The van der Waals surface area contributed by atoms with Gasteiger partial charge in [-0.1, -0.05) is 0 Å². The number of hydrogen-bond acceptors (Lipinski definition) is 5. The quantitative estimate of drug-likeness (QED) is 0.808. The van der Waals surface area contributed by atoms with Gasteiger partial charge in [-0.3, -0.25) is 4.79 Å². The number of sulfone groups is 1. The van der Waals surface area contributed by atoms with E-state index in [1.54, 1.807) is 0 Å². The van der Waals surface area contributed by atoms with Crippen LogP contribution in [0.3, 0.4) is 0 Å². The van der Waals surface area contributed by atoms with Crippen LogP contribution in [0.2, 0.25) is 0 Å². The first-order valence-electron chi connectivity index (χ1n) is 5.37. The van der Waals surface area contributed by atoms with Gasteiger partial charge in [0.2, 0.25) is 5.91 Å². The lowest BCUT2D eigenvalue weighted by atomic mass is 10.2. The van der Waals surface area contributed by atoms with Crippen LogP contribution < -0.4 is 10.4 Å². The Morgan fingerprint density at radius 2 is 1.62 bits per heavy atom. The molecule has 10 heteroatoms. The van der Waals surface area contributed by atoms with Crippen molar-refractivity contribution in [1.82, 2.24) is 0 Å². The number of aliphatic carboxylic acids is 1. The van der Waals surface area contributed by atoms with E-state index >= 15 is 0 Å². The fourth-order valence-electron chi connectivity index (χ4n) is 1.37. The summed E-state index contributed by atoms with van der Waals surface area (Å²) in [4.78, 5) is 21.5. The number of benzene rings is 1. The number of amides is 1. The van der Waals surface area contributed by atoms with Gasteiger partial charge in [-0.25, -0.2) is 8.42 Å². The second kappa shape index (κ2) is 6.12. The summed E-state index contributed by atoms with van der Waals surface area (Å²) >= 11 is 0. The highest BCUT2D eigenvalue weighted by Crippen LogP contribution is 2.29. The Balaban J connectivity index is 2.70. The fourth-order valence-corrected chi connectivity index (χ4v) is 2.30. The van der Waals surface area contributed by atoms with Crippen molar-refractivity contribution in [2.45, 2.75) is 6.18 Å². The Kier molecular flexibility index (Phi) is 4.94. The highest BCUT2D eigenvalue weighted by atomic mass is 32.2. The molecule has 0 aliphatic heterocycles. The molecule has 1 amide bonds. The van der Waals surface area contributed by atoms with E-state index in [9.17, 15) is 36.3 Å². The second-order valence-corrected chi connectivity index (χ2v) is 6.09. The van der Waals surface area contributed by atoms with Crippen LogP contribution in [0.1, 0.15) is 5.56 Å². The van der Waals surface area contributed by atoms with Crippen molar-refractivity contribution < 1.29 is 36.3 Å². The van der Waals surface area contributed by atoms with E-state index < -0.39 is 45.0 Å². The maximum Gasteiger partial charge on any atom is 0.416 e. The number of hydrogen-bond donors (Lipinski definition) is 1. The van der Waals surface area contributed by atoms with E-state index in [4.69, 9.17) is 0 Å². The lowest BCUT2D eigenvalue weighted by molar-refractivity contribution is -0.301. The zero-order chi connectivity index (χ0) is 16.3. The largest absolute Gasteiger partial charge is 0.549 e.